The number of aliphatic hydroxyl groups is 1. The van der Waals surface area contributed by atoms with Crippen molar-refractivity contribution in [1.29, 1.82) is 0 Å². The molecule has 2 aliphatic rings. The largest absolute Gasteiger partial charge is 0.394 e. The minimum Gasteiger partial charge on any atom is -0.394 e. The van der Waals surface area contributed by atoms with Gasteiger partial charge in [0.15, 0.2) is 0 Å². The Morgan fingerprint density at radius 1 is 1.30 bits per heavy atom. The van der Waals surface area contributed by atoms with Crippen LogP contribution in [-0.4, -0.2) is 58.5 Å². The number of piperazine rings is 1. The number of hydrogen-bond donors (Lipinski definition) is 1. The van der Waals surface area contributed by atoms with Crippen LogP contribution in [-0.2, 0) is 9.59 Å². The SMILES string of the molecule is CCC(=O)N1CC(=O)N2[C@H](C1)[C@H](c1ccc(C#CCC(C)C)cc1)[C@@H]2CO. The number of amides is 2. The molecule has 2 fully saturated rings. The maximum absolute atomic E-state index is 12.5. The van der Waals surface area contributed by atoms with Crippen molar-refractivity contribution < 1.29 is 14.7 Å². The number of nitrogens with zero attached hydrogens (tertiary/aromatic N) is 2. The Labute approximate surface area is 161 Å². The average molecular weight is 368 g/mol. The Morgan fingerprint density at radius 3 is 2.59 bits per heavy atom. The molecule has 0 aliphatic carbocycles. The quantitative estimate of drug-likeness (QED) is 0.827. The lowest BCUT2D eigenvalue weighted by Crippen LogP contribution is -2.73. The normalized spacial score (nSPS) is 24.2. The lowest BCUT2D eigenvalue weighted by molar-refractivity contribution is -0.166. The monoisotopic (exact) mass is 368 g/mol. The zero-order valence-electron chi connectivity index (χ0n) is 16.3. The summed E-state index contributed by atoms with van der Waals surface area (Å²) in [6, 6.07) is 7.80. The van der Waals surface area contributed by atoms with Gasteiger partial charge in [0.2, 0.25) is 11.8 Å². The summed E-state index contributed by atoms with van der Waals surface area (Å²) in [5, 5.41) is 9.82. The highest BCUT2D eigenvalue weighted by Gasteiger charge is 2.54. The number of rotatable bonds is 4. The Morgan fingerprint density at radius 2 is 2.00 bits per heavy atom. The second kappa shape index (κ2) is 8.14. The molecule has 1 aromatic rings. The van der Waals surface area contributed by atoms with Crippen molar-refractivity contribution in [1.82, 2.24) is 9.80 Å². The minimum absolute atomic E-state index is 0.00460. The van der Waals surface area contributed by atoms with Crippen LogP contribution < -0.4 is 0 Å². The van der Waals surface area contributed by atoms with Crippen LogP contribution in [0.25, 0.3) is 0 Å². The summed E-state index contributed by atoms with van der Waals surface area (Å²) in [7, 11) is 0. The van der Waals surface area contributed by atoms with Gasteiger partial charge in [0.1, 0.15) is 0 Å². The van der Waals surface area contributed by atoms with Gasteiger partial charge in [-0.15, -0.1) is 0 Å². The van der Waals surface area contributed by atoms with Crippen LogP contribution in [0.15, 0.2) is 24.3 Å². The number of benzene rings is 1. The van der Waals surface area contributed by atoms with E-state index >= 15 is 0 Å². The first kappa shape index (κ1) is 19.4. The maximum Gasteiger partial charge on any atom is 0.242 e. The van der Waals surface area contributed by atoms with E-state index in [2.05, 4.69) is 25.7 Å². The molecule has 2 heterocycles. The van der Waals surface area contributed by atoms with E-state index in [1.807, 2.05) is 31.2 Å². The number of aliphatic hydroxyl groups excluding tert-OH is 1. The van der Waals surface area contributed by atoms with E-state index in [1.165, 1.54) is 0 Å². The molecule has 2 saturated heterocycles. The van der Waals surface area contributed by atoms with Crippen LogP contribution in [0.4, 0.5) is 0 Å². The fraction of sp³-hybridized carbons (Fsp3) is 0.545. The van der Waals surface area contributed by atoms with Crippen LogP contribution in [0.5, 0.6) is 0 Å². The van der Waals surface area contributed by atoms with E-state index in [9.17, 15) is 14.7 Å². The molecule has 1 aromatic carbocycles. The van der Waals surface area contributed by atoms with Gasteiger partial charge in [-0.1, -0.05) is 44.7 Å². The summed E-state index contributed by atoms with van der Waals surface area (Å²) in [5.74, 6) is 6.90. The van der Waals surface area contributed by atoms with Crippen molar-refractivity contribution in [3.05, 3.63) is 35.4 Å². The van der Waals surface area contributed by atoms with Gasteiger partial charge in [0.25, 0.3) is 0 Å². The molecule has 0 unspecified atom stereocenters. The summed E-state index contributed by atoms with van der Waals surface area (Å²) >= 11 is 0. The molecule has 0 spiro atoms. The van der Waals surface area contributed by atoms with E-state index in [0.717, 1.165) is 17.5 Å². The van der Waals surface area contributed by atoms with E-state index < -0.39 is 0 Å². The maximum atomic E-state index is 12.5. The Kier molecular flexibility index (Phi) is 5.86. The molecular weight excluding hydrogens is 340 g/mol. The summed E-state index contributed by atoms with van der Waals surface area (Å²) in [6.07, 6.45) is 1.27. The molecule has 27 heavy (non-hydrogen) atoms. The third-order valence-electron chi connectivity index (χ3n) is 5.45. The van der Waals surface area contributed by atoms with Crippen LogP contribution in [0.3, 0.4) is 0 Å². The van der Waals surface area contributed by atoms with Crippen molar-refractivity contribution in [2.75, 3.05) is 19.7 Å². The van der Waals surface area contributed by atoms with E-state index in [1.54, 1.807) is 9.80 Å². The second-order valence-corrected chi connectivity index (χ2v) is 7.79. The Bertz CT molecular complexity index is 760. The second-order valence-electron chi connectivity index (χ2n) is 7.79. The summed E-state index contributed by atoms with van der Waals surface area (Å²) in [5.41, 5.74) is 2.06. The first-order valence-corrected chi connectivity index (χ1v) is 9.74. The topological polar surface area (TPSA) is 60.9 Å². The molecular formula is C22H28N2O3. The van der Waals surface area contributed by atoms with Gasteiger partial charge in [0, 0.05) is 30.9 Å². The molecule has 5 nitrogen and oxygen atoms in total. The van der Waals surface area contributed by atoms with E-state index in [-0.39, 0.29) is 43.0 Å². The highest BCUT2D eigenvalue weighted by molar-refractivity contribution is 5.87. The molecule has 5 heteroatoms. The highest BCUT2D eigenvalue weighted by atomic mass is 16.3. The first-order chi connectivity index (χ1) is 13.0. The van der Waals surface area contributed by atoms with Crippen LogP contribution in [0, 0.1) is 17.8 Å². The van der Waals surface area contributed by atoms with Crippen LogP contribution in [0.1, 0.15) is 50.7 Å². The van der Waals surface area contributed by atoms with Gasteiger partial charge in [-0.3, -0.25) is 9.59 Å². The summed E-state index contributed by atoms with van der Waals surface area (Å²) in [4.78, 5) is 27.9. The molecule has 0 saturated carbocycles. The number of hydrogen-bond acceptors (Lipinski definition) is 3. The van der Waals surface area contributed by atoms with Crippen molar-refractivity contribution in [3.8, 4) is 11.8 Å². The zero-order chi connectivity index (χ0) is 19.6. The predicted molar refractivity (Wildman–Crippen MR) is 104 cm³/mol. The minimum atomic E-state index is -0.209. The molecule has 1 N–H and O–H groups in total. The average Bonchev–Trinajstić information content (AvgIpc) is 2.63. The molecule has 144 valence electrons. The standard InChI is InChI=1S/C22H28N2O3/c1-4-20(26)23-12-18-22(19(14-25)24(18)21(27)13-23)17-10-8-16(9-11-17)7-5-6-15(2)3/h8-11,15,18-19,22,25H,4,6,12-14H2,1-3H3/t18-,19+,22+/m1/s1. The lowest BCUT2D eigenvalue weighted by atomic mass is 9.73. The number of fused-ring (bicyclic) bond motifs is 1. The van der Waals surface area contributed by atoms with Crippen molar-refractivity contribution in [3.63, 3.8) is 0 Å². The number of carbonyl (C=O) groups is 2. The van der Waals surface area contributed by atoms with Gasteiger partial charge in [-0.05, 0) is 23.6 Å². The molecule has 2 aliphatic heterocycles. The van der Waals surface area contributed by atoms with Crippen molar-refractivity contribution in [2.45, 2.75) is 51.6 Å². The molecule has 3 atom stereocenters. The Hall–Kier alpha value is -2.32. The van der Waals surface area contributed by atoms with Crippen molar-refractivity contribution in [2.24, 2.45) is 5.92 Å². The van der Waals surface area contributed by atoms with Crippen molar-refractivity contribution >= 4 is 11.8 Å². The fourth-order valence-corrected chi connectivity index (χ4v) is 4.06. The third kappa shape index (κ3) is 3.86. The number of carbonyl (C=O) groups excluding carboxylic acids is 2. The van der Waals surface area contributed by atoms with Crippen LogP contribution in [0.2, 0.25) is 0 Å². The molecule has 3 rings (SSSR count). The zero-order valence-corrected chi connectivity index (χ0v) is 16.3. The summed E-state index contributed by atoms with van der Waals surface area (Å²) in [6.45, 7) is 6.70. The van der Waals surface area contributed by atoms with Gasteiger partial charge in [-0.25, -0.2) is 0 Å². The lowest BCUT2D eigenvalue weighted by Gasteiger charge is -2.58. The van der Waals surface area contributed by atoms with Gasteiger partial charge >= 0.3 is 0 Å². The van der Waals surface area contributed by atoms with Gasteiger partial charge in [0.05, 0.1) is 25.2 Å². The van der Waals surface area contributed by atoms with Crippen LogP contribution >= 0.6 is 0 Å². The predicted octanol–water partition coefficient (Wildman–Crippen LogP) is 1.99. The fourth-order valence-electron chi connectivity index (χ4n) is 4.06. The molecule has 0 radical (unpaired) electrons. The molecule has 2 amide bonds. The third-order valence-corrected chi connectivity index (χ3v) is 5.45. The van der Waals surface area contributed by atoms with E-state index in [4.69, 9.17) is 0 Å². The molecule has 0 aromatic heterocycles. The summed E-state index contributed by atoms with van der Waals surface area (Å²) < 4.78 is 0. The highest BCUT2D eigenvalue weighted by Crippen LogP contribution is 2.42. The van der Waals surface area contributed by atoms with Gasteiger partial charge in [-0.2, -0.15) is 0 Å². The van der Waals surface area contributed by atoms with E-state index in [0.29, 0.717) is 18.9 Å². The Balaban J connectivity index is 1.77. The first-order valence-electron chi connectivity index (χ1n) is 9.74. The smallest absolute Gasteiger partial charge is 0.242 e. The molecule has 0 bridgehead atoms. The van der Waals surface area contributed by atoms with Gasteiger partial charge < -0.3 is 14.9 Å².